The van der Waals surface area contributed by atoms with E-state index >= 15 is 0 Å². The highest BCUT2D eigenvalue weighted by molar-refractivity contribution is 6.11. The summed E-state index contributed by atoms with van der Waals surface area (Å²) >= 11 is 0. The number of carbonyl (C=O) groups is 1. The minimum absolute atomic E-state index is 0.248. The summed E-state index contributed by atoms with van der Waals surface area (Å²) < 4.78 is 0. The number of hydrogen-bond acceptors (Lipinski definition) is 3. The van der Waals surface area contributed by atoms with Gasteiger partial charge >= 0.3 is 0 Å². The first-order chi connectivity index (χ1) is 10.2. The lowest BCUT2D eigenvalue weighted by Crippen LogP contribution is -2.12. The van der Waals surface area contributed by atoms with Crippen LogP contribution in [0.15, 0.2) is 42.5 Å². The minimum Gasteiger partial charge on any atom is -0.342 e. The Balaban J connectivity index is 1.95. The van der Waals surface area contributed by atoms with Crippen molar-refractivity contribution in [2.45, 2.75) is 6.92 Å². The van der Waals surface area contributed by atoms with Gasteiger partial charge in [-0.15, -0.1) is 0 Å². The van der Waals surface area contributed by atoms with E-state index in [1.54, 1.807) is 36.4 Å². The Labute approximate surface area is 121 Å². The van der Waals surface area contributed by atoms with Gasteiger partial charge in [-0.25, -0.2) is 4.98 Å². The van der Waals surface area contributed by atoms with E-state index in [0.717, 1.165) is 11.3 Å². The fourth-order valence-corrected chi connectivity index (χ4v) is 2.20. The third-order valence-corrected chi connectivity index (χ3v) is 3.13. The van der Waals surface area contributed by atoms with Crippen LogP contribution in [0.25, 0.3) is 11.0 Å². The summed E-state index contributed by atoms with van der Waals surface area (Å²) in [6.45, 7) is 1.85. The molecular weight excluding hydrogens is 264 g/mol. The van der Waals surface area contributed by atoms with Crippen LogP contribution in [0.1, 0.15) is 21.7 Å². The van der Waals surface area contributed by atoms with Crippen molar-refractivity contribution in [1.82, 2.24) is 9.97 Å². The van der Waals surface area contributed by atoms with Gasteiger partial charge in [-0.2, -0.15) is 5.26 Å². The number of nitriles is 1. The van der Waals surface area contributed by atoms with Crippen molar-refractivity contribution in [3.05, 3.63) is 59.4 Å². The second kappa shape index (κ2) is 5.10. The molecule has 1 amide bonds. The van der Waals surface area contributed by atoms with Crippen LogP contribution < -0.4 is 5.32 Å². The maximum absolute atomic E-state index is 12.4. The number of nitrogens with one attached hydrogen (secondary N) is 2. The third-order valence-electron chi connectivity index (χ3n) is 3.13. The van der Waals surface area contributed by atoms with Gasteiger partial charge in [0.1, 0.15) is 11.3 Å². The number of anilines is 1. The second-order valence-corrected chi connectivity index (χ2v) is 4.67. The highest BCUT2D eigenvalue weighted by Gasteiger charge is 2.13. The topological polar surface area (TPSA) is 81.6 Å². The molecule has 3 aromatic rings. The molecule has 5 nitrogen and oxygen atoms in total. The van der Waals surface area contributed by atoms with Gasteiger partial charge in [0.2, 0.25) is 0 Å². The molecule has 102 valence electrons. The lowest BCUT2D eigenvalue weighted by Gasteiger charge is -2.06. The number of aryl methyl sites for hydroxylation is 1. The Morgan fingerprint density at radius 3 is 2.90 bits per heavy atom. The number of hydrogen-bond donors (Lipinski definition) is 2. The molecule has 0 aliphatic rings. The number of aromatic nitrogens is 2. The Kier molecular flexibility index (Phi) is 3.13. The number of aromatic amines is 1. The van der Waals surface area contributed by atoms with E-state index < -0.39 is 0 Å². The molecule has 1 aromatic heterocycles. The van der Waals surface area contributed by atoms with Gasteiger partial charge in [-0.3, -0.25) is 4.79 Å². The molecule has 5 heteroatoms. The molecule has 0 atom stereocenters. The normalized spacial score (nSPS) is 10.3. The molecule has 0 aliphatic carbocycles. The van der Waals surface area contributed by atoms with Crippen LogP contribution in [0.5, 0.6) is 0 Å². The number of nitrogens with zero attached hydrogens (tertiary/aromatic N) is 2. The van der Waals surface area contributed by atoms with E-state index in [1.807, 2.05) is 19.1 Å². The van der Waals surface area contributed by atoms with E-state index in [4.69, 9.17) is 5.26 Å². The first-order valence-electron chi connectivity index (χ1n) is 6.44. The maximum Gasteiger partial charge on any atom is 0.257 e. The van der Waals surface area contributed by atoms with Crippen molar-refractivity contribution >= 4 is 22.6 Å². The van der Waals surface area contributed by atoms with Gasteiger partial charge < -0.3 is 10.3 Å². The number of fused-ring (bicyclic) bond motifs is 1. The van der Waals surface area contributed by atoms with Crippen molar-refractivity contribution in [3.8, 4) is 6.07 Å². The van der Waals surface area contributed by atoms with E-state index in [9.17, 15) is 4.79 Å². The van der Waals surface area contributed by atoms with Gasteiger partial charge in [-0.1, -0.05) is 12.1 Å². The van der Waals surface area contributed by atoms with Crippen molar-refractivity contribution in [2.24, 2.45) is 0 Å². The van der Waals surface area contributed by atoms with Crippen molar-refractivity contribution in [3.63, 3.8) is 0 Å². The van der Waals surface area contributed by atoms with Gasteiger partial charge in [0, 0.05) is 5.69 Å². The van der Waals surface area contributed by atoms with Gasteiger partial charge in [0.25, 0.3) is 5.91 Å². The van der Waals surface area contributed by atoms with Crippen LogP contribution in [-0.4, -0.2) is 15.9 Å². The van der Waals surface area contributed by atoms with Gasteiger partial charge in [-0.05, 0) is 37.3 Å². The number of H-pyrrole nitrogens is 1. The molecule has 2 N–H and O–H groups in total. The Hall–Kier alpha value is -3.13. The van der Waals surface area contributed by atoms with E-state index in [2.05, 4.69) is 15.3 Å². The first-order valence-corrected chi connectivity index (χ1v) is 6.44. The Morgan fingerprint density at radius 2 is 2.10 bits per heavy atom. The molecular formula is C16H12N4O. The molecule has 0 unspecified atom stereocenters. The maximum atomic E-state index is 12.4. The predicted octanol–water partition coefficient (Wildman–Crippen LogP) is 3.00. The second-order valence-electron chi connectivity index (χ2n) is 4.67. The summed E-state index contributed by atoms with van der Waals surface area (Å²) in [5.41, 5.74) is 3.05. The summed E-state index contributed by atoms with van der Waals surface area (Å²) in [5.74, 6) is 0.513. The summed E-state index contributed by atoms with van der Waals surface area (Å²) in [6.07, 6.45) is 0. The average molecular weight is 276 g/mol. The lowest BCUT2D eigenvalue weighted by molar-refractivity contribution is 0.102. The van der Waals surface area contributed by atoms with Crippen molar-refractivity contribution in [1.29, 1.82) is 5.26 Å². The molecule has 1 heterocycles. The van der Waals surface area contributed by atoms with Crippen LogP contribution in [0.4, 0.5) is 5.69 Å². The zero-order valence-electron chi connectivity index (χ0n) is 11.3. The number of para-hydroxylation sites is 1. The molecule has 0 radical (unpaired) electrons. The highest BCUT2D eigenvalue weighted by Crippen LogP contribution is 2.18. The first kappa shape index (κ1) is 12.9. The van der Waals surface area contributed by atoms with Crippen molar-refractivity contribution < 1.29 is 4.79 Å². The minimum atomic E-state index is -0.248. The van der Waals surface area contributed by atoms with Crippen LogP contribution in [0.2, 0.25) is 0 Å². The number of amides is 1. The van der Waals surface area contributed by atoms with Crippen molar-refractivity contribution in [2.75, 3.05) is 5.32 Å². The third kappa shape index (κ3) is 2.47. The summed E-state index contributed by atoms with van der Waals surface area (Å²) in [7, 11) is 0. The van der Waals surface area contributed by atoms with E-state index in [-0.39, 0.29) is 5.91 Å². The average Bonchev–Trinajstić information content (AvgIpc) is 2.87. The smallest absolute Gasteiger partial charge is 0.257 e. The molecule has 0 bridgehead atoms. The van der Waals surface area contributed by atoms with E-state index in [1.165, 1.54) is 0 Å². The SMILES string of the molecule is Cc1nc2c(C(=O)Nc3cccc(C#N)c3)cccc2[nH]1. The van der Waals surface area contributed by atoms with Crippen LogP contribution >= 0.6 is 0 Å². The highest BCUT2D eigenvalue weighted by atomic mass is 16.1. The molecule has 21 heavy (non-hydrogen) atoms. The molecule has 0 spiro atoms. The predicted molar refractivity (Wildman–Crippen MR) is 79.9 cm³/mol. The standard InChI is InChI=1S/C16H12N4O/c1-10-18-14-7-3-6-13(15(14)19-10)16(21)20-12-5-2-4-11(8-12)9-17/h2-8H,1H3,(H,18,19)(H,20,21). The number of carbonyl (C=O) groups excluding carboxylic acids is 1. The number of imidazole rings is 1. The molecule has 2 aromatic carbocycles. The Bertz CT molecular complexity index is 873. The van der Waals surface area contributed by atoms with Crippen LogP contribution in [0, 0.1) is 18.3 Å². The number of rotatable bonds is 2. The summed E-state index contributed by atoms with van der Waals surface area (Å²) in [5, 5.41) is 11.7. The fourth-order valence-electron chi connectivity index (χ4n) is 2.20. The lowest BCUT2D eigenvalue weighted by atomic mass is 10.1. The van der Waals surface area contributed by atoms with Gasteiger partial charge in [0.15, 0.2) is 0 Å². The molecule has 0 saturated carbocycles. The largest absolute Gasteiger partial charge is 0.342 e. The molecule has 0 saturated heterocycles. The summed E-state index contributed by atoms with van der Waals surface area (Å²) in [4.78, 5) is 19.8. The fraction of sp³-hybridized carbons (Fsp3) is 0.0625. The van der Waals surface area contributed by atoms with Crippen LogP contribution in [0.3, 0.4) is 0 Å². The molecule has 0 aliphatic heterocycles. The van der Waals surface area contributed by atoms with Gasteiger partial charge in [0.05, 0.1) is 22.7 Å². The molecule has 3 rings (SSSR count). The molecule has 0 fully saturated rings. The zero-order chi connectivity index (χ0) is 14.8. The van der Waals surface area contributed by atoms with E-state index in [0.29, 0.717) is 22.3 Å². The summed E-state index contributed by atoms with van der Waals surface area (Å²) in [6, 6.07) is 14.3. The monoisotopic (exact) mass is 276 g/mol. The number of benzene rings is 2. The van der Waals surface area contributed by atoms with Crippen LogP contribution in [-0.2, 0) is 0 Å². The Morgan fingerprint density at radius 1 is 1.29 bits per heavy atom. The quantitative estimate of drug-likeness (QED) is 0.754. The zero-order valence-corrected chi connectivity index (χ0v) is 11.3.